The summed E-state index contributed by atoms with van der Waals surface area (Å²) in [5.74, 6) is 0.222. The van der Waals surface area contributed by atoms with Gasteiger partial charge in [0.2, 0.25) is 0 Å². The second kappa shape index (κ2) is 8.96. The number of H-pyrrole nitrogens is 2. The smallest absolute Gasteiger partial charge is 0.257 e. The Bertz CT molecular complexity index is 1420. The number of Topliss-reactive ketones (excluding diaryl/α,β-unsaturated/α-hetero) is 1. The van der Waals surface area contributed by atoms with E-state index >= 15 is 0 Å². The van der Waals surface area contributed by atoms with E-state index in [4.69, 9.17) is 12.2 Å². The van der Waals surface area contributed by atoms with Crippen molar-refractivity contribution >= 4 is 29.5 Å². The topological polar surface area (TPSA) is 81.0 Å². The maximum absolute atomic E-state index is 13.4. The molecule has 0 saturated heterocycles. The first-order valence-electron chi connectivity index (χ1n) is 12.0. The summed E-state index contributed by atoms with van der Waals surface area (Å²) in [6.45, 7) is 8.01. The van der Waals surface area contributed by atoms with Gasteiger partial charge < -0.3 is 15.2 Å². The van der Waals surface area contributed by atoms with Gasteiger partial charge >= 0.3 is 0 Å². The maximum atomic E-state index is 13.4. The number of hydrogen-bond donors (Lipinski definition) is 3. The van der Waals surface area contributed by atoms with Crippen LogP contribution >= 0.6 is 12.2 Å². The van der Waals surface area contributed by atoms with Crippen molar-refractivity contribution in [1.82, 2.24) is 9.97 Å². The molecule has 0 fully saturated rings. The molecule has 7 heteroatoms. The van der Waals surface area contributed by atoms with E-state index in [0.29, 0.717) is 23.4 Å². The van der Waals surface area contributed by atoms with Gasteiger partial charge in [-0.05, 0) is 54.2 Å². The van der Waals surface area contributed by atoms with Gasteiger partial charge in [0.1, 0.15) is 5.82 Å². The van der Waals surface area contributed by atoms with Crippen LogP contribution in [0.25, 0.3) is 0 Å². The molecular formula is C28H30N4O2S. The number of anilines is 2. The third-order valence-corrected chi connectivity index (χ3v) is 7.15. The van der Waals surface area contributed by atoms with Gasteiger partial charge in [0.05, 0.1) is 5.56 Å². The molecule has 0 spiro atoms. The van der Waals surface area contributed by atoms with Crippen LogP contribution < -0.4 is 15.8 Å². The Morgan fingerprint density at radius 1 is 1.00 bits per heavy atom. The average Bonchev–Trinajstić information content (AvgIpc) is 2.81. The highest BCUT2D eigenvalue weighted by molar-refractivity contribution is 7.71. The van der Waals surface area contributed by atoms with Crippen molar-refractivity contribution in [2.75, 3.05) is 16.8 Å². The minimum absolute atomic E-state index is 0.0876. The molecule has 0 bridgehead atoms. The van der Waals surface area contributed by atoms with Crippen molar-refractivity contribution in [3.8, 4) is 0 Å². The average molecular weight is 487 g/mol. The first-order valence-corrected chi connectivity index (χ1v) is 12.4. The monoisotopic (exact) mass is 486 g/mol. The number of aromatic amines is 2. The van der Waals surface area contributed by atoms with Crippen LogP contribution in [0.3, 0.4) is 0 Å². The van der Waals surface area contributed by atoms with Gasteiger partial charge in [-0.2, -0.15) is 0 Å². The first-order chi connectivity index (χ1) is 16.8. The zero-order chi connectivity index (χ0) is 24.7. The van der Waals surface area contributed by atoms with Crippen molar-refractivity contribution in [1.29, 1.82) is 0 Å². The van der Waals surface area contributed by atoms with Gasteiger partial charge in [-0.1, -0.05) is 56.3 Å². The van der Waals surface area contributed by atoms with Gasteiger partial charge in [0.15, 0.2) is 10.6 Å². The van der Waals surface area contributed by atoms with E-state index in [2.05, 4.69) is 77.4 Å². The lowest BCUT2D eigenvalue weighted by Crippen LogP contribution is -2.36. The van der Waals surface area contributed by atoms with Crippen LogP contribution in [0.2, 0.25) is 0 Å². The Balaban J connectivity index is 1.57. The quantitative estimate of drug-likeness (QED) is 0.406. The molecule has 0 amide bonds. The fourth-order valence-electron chi connectivity index (χ4n) is 5.35. The zero-order valence-corrected chi connectivity index (χ0v) is 21.1. The highest BCUT2D eigenvalue weighted by atomic mass is 32.1. The van der Waals surface area contributed by atoms with Crippen LogP contribution in [0.4, 0.5) is 11.5 Å². The predicted octanol–water partition coefficient (Wildman–Crippen LogP) is 5.66. The zero-order valence-electron chi connectivity index (χ0n) is 20.3. The summed E-state index contributed by atoms with van der Waals surface area (Å²) < 4.78 is 0.264. The van der Waals surface area contributed by atoms with Gasteiger partial charge in [-0.3, -0.25) is 14.6 Å². The first kappa shape index (κ1) is 23.3. The molecule has 0 saturated carbocycles. The number of ketones is 1. The molecule has 0 unspecified atom stereocenters. The van der Waals surface area contributed by atoms with Crippen LogP contribution in [0.5, 0.6) is 0 Å². The number of hydrogen-bond acceptors (Lipinski definition) is 5. The summed E-state index contributed by atoms with van der Waals surface area (Å²) in [7, 11) is 0. The van der Waals surface area contributed by atoms with E-state index in [1.54, 1.807) is 0 Å². The highest BCUT2D eigenvalue weighted by Gasteiger charge is 2.42. The Hall–Kier alpha value is -3.45. The van der Waals surface area contributed by atoms with E-state index in [0.717, 1.165) is 36.5 Å². The van der Waals surface area contributed by atoms with E-state index in [9.17, 15) is 9.59 Å². The molecule has 2 aromatic carbocycles. The molecule has 5 rings (SSSR count). The third-order valence-electron chi connectivity index (χ3n) is 6.94. The summed E-state index contributed by atoms with van der Waals surface area (Å²) in [6.07, 6.45) is 1.19. The highest BCUT2D eigenvalue weighted by Crippen LogP contribution is 2.47. The summed E-state index contributed by atoms with van der Waals surface area (Å²) in [6, 6.07) is 18.6. The van der Waals surface area contributed by atoms with E-state index in [1.807, 2.05) is 18.2 Å². The molecule has 1 aliphatic carbocycles. The minimum Gasteiger partial charge on any atom is -0.367 e. The second-order valence-corrected chi connectivity index (χ2v) is 10.6. The number of fused-ring (bicyclic) bond motifs is 1. The number of allylic oxidation sites excluding steroid dienone is 2. The Morgan fingerprint density at radius 2 is 1.71 bits per heavy atom. The van der Waals surface area contributed by atoms with Crippen molar-refractivity contribution in [3.05, 3.63) is 97.7 Å². The van der Waals surface area contributed by atoms with Gasteiger partial charge in [-0.15, -0.1) is 0 Å². The van der Waals surface area contributed by atoms with Crippen LogP contribution in [0, 0.1) is 10.2 Å². The minimum atomic E-state index is -0.446. The molecular weight excluding hydrogens is 456 g/mol. The van der Waals surface area contributed by atoms with Crippen molar-refractivity contribution < 1.29 is 4.79 Å². The van der Waals surface area contributed by atoms with Crippen LogP contribution in [0.1, 0.15) is 56.2 Å². The number of nitrogens with one attached hydrogen (secondary N) is 3. The Kier molecular flexibility index (Phi) is 5.97. The number of carbonyl (C=O) groups excluding carboxylic acids is 1. The second-order valence-electron chi connectivity index (χ2n) is 10.2. The van der Waals surface area contributed by atoms with Gasteiger partial charge in [0, 0.05) is 42.4 Å². The fourth-order valence-corrected chi connectivity index (χ4v) is 5.54. The summed E-state index contributed by atoms with van der Waals surface area (Å²) in [5, 5.41) is 3.34. The predicted molar refractivity (Wildman–Crippen MR) is 142 cm³/mol. The van der Waals surface area contributed by atoms with Gasteiger partial charge in [-0.25, -0.2) is 0 Å². The molecule has 1 atom stereocenters. The van der Waals surface area contributed by atoms with E-state index < -0.39 is 5.92 Å². The Labute approximate surface area is 210 Å². The van der Waals surface area contributed by atoms with Crippen LogP contribution in [-0.2, 0) is 11.3 Å². The molecule has 2 heterocycles. The summed E-state index contributed by atoms with van der Waals surface area (Å²) in [4.78, 5) is 34.6. The van der Waals surface area contributed by atoms with Crippen molar-refractivity contribution in [2.45, 2.75) is 46.1 Å². The number of carbonyl (C=O) groups is 1. The van der Waals surface area contributed by atoms with E-state index in [-0.39, 0.29) is 21.5 Å². The van der Waals surface area contributed by atoms with Gasteiger partial charge in [0.25, 0.3) is 5.56 Å². The molecule has 1 aromatic heterocycles. The van der Waals surface area contributed by atoms with E-state index in [1.165, 1.54) is 5.56 Å². The standard InChI is InChI=1S/C28H30N4O2S/c1-4-32(16-17-8-6-5-7-9-17)19-12-10-18(11-13-19)22-23-20(14-28(2,3)15-21(23)33)29-25-24(22)26(34)31-27(35)30-25/h5-13,22H,4,14-16H2,1-3H3,(H3,29,30,31,34,35)/t22-/m1/s1. The lowest BCUT2D eigenvalue weighted by molar-refractivity contribution is -0.118. The number of benzene rings is 2. The number of rotatable bonds is 5. The molecule has 1 aliphatic heterocycles. The molecule has 2 aliphatic rings. The normalized spacial score (nSPS) is 18.5. The lowest BCUT2D eigenvalue weighted by atomic mass is 9.69. The molecule has 3 N–H and O–H groups in total. The third kappa shape index (κ3) is 4.48. The molecule has 35 heavy (non-hydrogen) atoms. The SMILES string of the molecule is CCN(Cc1ccccc1)c1ccc([C@@H]2C3=C(CC(C)(C)CC3=O)Nc3[nH]c(=S)[nH]c(=O)c32)cc1. The fraction of sp³-hybridized carbons (Fsp3) is 0.321. The maximum Gasteiger partial charge on any atom is 0.257 e. The summed E-state index contributed by atoms with van der Waals surface area (Å²) in [5.41, 5.74) is 4.93. The van der Waals surface area contributed by atoms with Crippen molar-refractivity contribution in [3.63, 3.8) is 0 Å². The summed E-state index contributed by atoms with van der Waals surface area (Å²) >= 11 is 5.23. The Morgan fingerprint density at radius 3 is 2.40 bits per heavy atom. The largest absolute Gasteiger partial charge is 0.367 e. The van der Waals surface area contributed by atoms with Crippen LogP contribution in [0.15, 0.2) is 70.7 Å². The number of aromatic nitrogens is 2. The van der Waals surface area contributed by atoms with Crippen molar-refractivity contribution in [2.24, 2.45) is 5.41 Å². The van der Waals surface area contributed by atoms with Crippen LogP contribution in [-0.4, -0.2) is 22.3 Å². The molecule has 180 valence electrons. The molecule has 3 aromatic rings. The number of nitrogens with zero attached hydrogens (tertiary/aromatic N) is 1. The molecule has 0 radical (unpaired) electrons. The molecule has 6 nitrogen and oxygen atoms in total. The lowest BCUT2D eigenvalue weighted by Gasteiger charge is -2.38.